The second-order valence-electron chi connectivity index (χ2n) is 5.05. The summed E-state index contributed by atoms with van der Waals surface area (Å²) in [5.74, 6) is -0.0459. The highest BCUT2D eigenvalue weighted by Crippen LogP contribution is 2.14. The minimum absolute atomic E-state index is 0.00249. The predicted molar refractivity (Wildman–Crippen MR) is 77.6 cm³/mol. The zero-order chi connectivity index (χ0) is 14.5. The zero-order valence-corrected chi connectivity index (χ0v) is 12.1. The molecule has 0 radical (unpaired) electrons. The van der Waals surface area contributed by atoms with E-state index in [1.165, 1.54) is 0 Å². The highest BCUT2D eigenvalue weighted by molar-refractivity contribution is 5.98. The molecule has 5 nitrogen and oxygen atoms in total. The van der Waals surface area contributed by atoms with Crippen molar-refractivity contribution in [2.75, 3.05) is 40.3 Å². The van der Waals surface area contributed by atoms with E-state index in [2.05, 4.69) is 5.32 Å². The molecule has 1 aromatic rings. The second kappa shape index (κ2) is 6.52. The Kier molecular flexibility index (Phi) is 4.74. The van der Waals surface area contributed by atoms with E-state index in [-0.39, 0.29) is 18.4 Å². The van der Waals surface area contributed by atoms with Gasteiger partial charge in [0, 0.05) is 25.7 Å². The summed E-state index contributed by atoms with van der Waals surface area (Å²) < 4.78 is 0. The zero-order valence-electron chi connectivity index (χ0n) is 12.1. The Hall–Kier alpha value is -1.88. The number of likely N-dealkylation sites (N-methyl/N-ethyl adjacent to an activating group) is 2. The van der Waals surface area contributed by atoms with Crippen LogP contribution < -0.4 is 5.32 Å². The normalized spacial score (nSPS) is 15.6. The van der Waals surface area contributed by atoms with Crippen LogP contribution in [0.2, 0.25) is 0 Å². The van der Waals surface area contributed by atoms with Crippen molar-refractivity contribution in [3.05, 3.63) is 35.4 Å². The van der Waals surface area contributed by atoms with Crippen molar-refractivity contribution in [3.63, 3.8) is 0 Å². The fourth-order valence-corrected chi connectivity index (χ4v) is 2.31. The van der Waals surface area contributed by atoms with Crippen LogP contribution in [-0.4, -0.2) is 61.9 Å². The molecule has 1 fully saturated rings. The van der Waals surface area contributed by atoms with Gasteiger partial charge in [-0.2, -0.15) is 0 Å². The SMILES string of the molecule is CNCCc1ccccc1C(=O)N1CCN(C)C(=O)C1. The number of nitrogens with zero attached hydrogens (tertiary/aromatic N) is 2. The first-order valence-electron chi connectivity index (χ1n) is 6.89. The Balaban J connectivity index is 2.14. The molecule has 0 aliphatic carbocycles. The number of hydrogen-bond acceptors (Lipinski definition) is 3. The first kappa shape index (κ1) is 14.5. The molecule has 1 N–H and O–H groups in total. The molecule has 20 heavy (non-hydrogen) atoms. The van der Waals surface area contributed by atoms with Gasteiger partial charge in [-0.3, -0.25) is 9.59 Å². The molecule has 0 spiro atoms. The van der Waals surface area contributed by atoms with Crippen LogP contribution in [0.15, 0.2) is 24.3 Å². The van der Waals surface area contributed by atoms with Gasteiger partial charge in [0.2, 0.25) is 5.91 Å². The highest BCUT2D eigenvalue weighted by Gasteiger charge is 2.26. The van der Waals surface area contributed by atoms with Crippen molar-refractivity contribution in [1.82, 2.24) is 15.1 Å². The second-order valence-corrected chi connectivity index (χ2v) is 5.05. The molecule has 1 aromatic carbocycles. The lowest BCUT2D eigenvalue weighted by Gasteiger charge is -2.32. The van der Waals surface area contributed by atoms with Gasteiger partial charge in [0.1, 0.15) is 6.54 Å². The van der Waals surface area contributed by atoms with Gasteiger partial charge in [-0.25, -0.2) is 0 Å². The fraction of sp³-hybridized carbons (Fsp3) is 0.467. The summed E-state index contributed by atoms with van der Waals surface area (Å²) in [6, 6.07) is 7.63. The molecule has 5 heteroatoms. The van der Waals surface area contributed by atoms with Crippen molar-refractivity contribution in [3.8, 4) is 0 Å². The minimum atomic E-state index is -0.0434. The summed E-state index contributed by atoms with van der Waals surface area (Å²) in [6.45, 7) is 2.20. The standard InChI is InChI=1S/C15H21N3O2/c1-16-8-7-12-5-3-4-6-13(12)15(20)18-10-9-17(2)14(19)11-18/h3-6,16H,7-11H2,1-2H3. The van der Waals surface area contributed by atoms with E-state index in [4.69, 9.17) is 0 Å². The van der Waals surface area contributed by atoms with E-state index in [1.54, 1.807) is 16.8 Å². The van der Waals surface area contributed by atoms with Crippen LogP contribution >= 0.6 is 0 Å². The third-order valence-electron chi connectivity index (χ3n) is 3.64. The lowest BCUT2D eigenvalue weighted by Crippen LogP contribution is -2.50. The highest BCUT2D eigenvalue weighted by atomic mass is 16.2. The summed E-state index contributed by atoms with van der Waals surface area (Å²) >= 11 is 0. The number of rotatable bonds is 4. The topological polar surface area (TPSA) is 52.7 Å². The molecular formula is C15H21N3O2. The number of carbonyl (C=O) groups is 2. The van der Waals surface area contributed by atoms with Gasteiger partial charge in [-0.15, -0.1) is 0 Å². The van der Waals surface area contributed by atoms with Crippen LogP contribution in [0.3, 0.4) is 0 Å². The molecule has 1 aliphatic rings. The van der Waals surface area contributed by atoms with Crippen LogP contribution in [0.4, 0.5) is 0 Å². The maximum atomic E-state index is 12.6. The van der Waals surface area contributed by atoms with Crippen LogP contribution in [0.1, 0.15) is 15.9 Å². The molecule has 0 unspecified atom stereocenters. The Morgan fingerprint density at radius 2 is 2.05 bits per heavy atom. The molecule has 0 atom stereocenters. The van der Waals surface area contributed by atoms with Gasteiger partial charge >= 0.3 is 0 Å². The van der Waals surface area contributed by atoms with Crippen LogP contribution in [0, 0.1) is 0 Å². The molecule has 1 aliphatic heterocycles. The van der Waals surface area contributed by atoms with Gasteiger partial charge in [0.05, 0.1) is 0 Å². The third-order valence-corrected chi connectivity index (χ3v) is 3.64. The van der Waals surface area contributed by atoms with E-state index in [0.29, 0.717) is 18.7 Å². The van der Waals surface area contributed by atoms with E-state index >= 15 is 0 Å². The van der Waals surface area contributed by atoms with Gasteiger partial charge in [-0.05, 0) is 31.6 Å². The number of carbonyl (C=O) groups excluding carboxylic acids is 2. The monoisotopic (exact) mass is 275 g/mol. The van der Waals surface area contributed by atoms with Gasteiger partial charge in [0.15, 0.2) is 0 Å². The van der Waals surface area contributed by atoms with Crippen molar-refractivity contribution < 1.29 is 9.59 Å². The Morgan fingerprint density at radius 1 is 1.30 bits per heavy atom. The maximum Gasteiger partial charge on any atom is 0.254 e. The summed E-state index contributed by atoms with van der Waals surface area (Å²) in [4.78, 5) is 27.6. The van der Waals surface area contributed by atoms with E-state index in [1.807, 2.05) is 31.3 Å². The number of amides is 2. The summed E-state index contributed by atoms with van der Waals surface area (Å²) in [6.07, 6.45) is 0.806. The molecule has 108 valence electrons. The summed E-state index contributed by atoms with van der Waals surface area (Å²) in [5.41, 5.74) is 1.73. The molecule has 1 saturated heterocycles. The Bertz CT molecular complexity index is 502. The van der Waals surface area contributed by atoms with E-state index in [0.717, 1.165) is 18.5 Å². The number of benzene rings is 1. The minimum Gasteiger partial charge on any atom is -0.342 e. The molecule has 0 bridgehead atoms. The summed E-state index contributed by atoms with van der Waals surface area (Å²) in [7, 11) is 3.66. The van der Waals surface area contributed by atoms with Crippen LogP contribution in [-0.2, 0) is 11.2 Å². The molecule has 0 aromatic heterocycles. The largest absolute Gasteiger partial charge is 0.342 e. The maximum absolute atomic E-state index is 12.6. The van der Waals surface area contributed by atoms with Crippen LogP contribution in [0.5, 0.6) is 0 Å². The molecule has 1 heterocycles. The van der Waals surface area contributed by atoms with Gasteiger partial charge in [-0.1, -0.05) is 18.2 Å². The molecular weight excluding hydrogens is 254 g/mol. The van der Waals surface area contributed by atoms with Gasteiger partial charge in [0.25, 0.3) is 5.91 Å². The number of hydrogen-bond donors (Lipinski definition) is 1. The van der Waals surface area contributed by atoms with Crippen molar-refractivity contribution >= 4 is 11.8 Å². The van der Waals surface area contributed by atoms with E-state index < -0.39 is 0 Å². The average molecular weight is 275 g/mol. The lowest BCUT2D eigenvalue weighted by molar-refractivity contribution is -0.133. The molecule has 0 saturated carbocycles. The third kappa shape index (κ3) is 3.17. The first-order valence-corrected chi connectivity index (χ1v) is 6.89. The fourth-order valence-electron chi connectivity index (χ4n) is 2.31. The molecule has 2 amide bonds. The van der Waals surface area contributed by atoms with Gasteiger partial charge < -0.3 is 15.1 Å². The van der Waals surface area contributed by atoms with E-state index in [9.17, 15) is 9.59 Å². The molecule has 2 rings (SSSR count). The van der Waals surface area contributed by atoms with Crippen molar-refractivity contribution in [1.29, 1.82) is 0 Å². The van der Waals surface area contributed by atoms with Crippen molar-refractivity contribution in [2.24, 2.45) is 0 Å². The lowest BCUT2D eigenvalue weighted by atomic mass is 10.0. The first-order chi connectivity index (χ1) is 9.63. The van der Waals surface area contributed by atoms with Crippen molar-refractivity contribution in [2.45, 2.75) is 6.42 Å². The number of nitrogens with one attached hydrogen (secondary N) is 1. The quantitative estimate of drug-likeness (QED) is 0.863. The smallest absolute Gasteiger partial charge is 0.254 e. The Morgan fingerprint density at radius 3 is 2.75 bits per heavy atom. The predicted octanol–water partition coefficient (Wildman–Crippen LogP) is 0.363. The van der Waals surface area contributed by atoms with Crippen LogP contribution in [0.25, 0.3) is 0 Å². The number of piperazine rings is 1. The average Bonchev–Trinajstić information content (AvgIpc) is 2.47. The Labute approximate surface area is 119 Å². The summed E-state index contributed by atoms with van der Waals surface area (Å²) in [5, 5.41) is 3.09.